The van der Waals surface area contributed by atoms with Crippen LogP contribution in [0.1, 0.15) is 33.1 Å². The second-order valence-electron chi connectivity index (χ2n) is 7.92. The van der Waals surface area contributed by atoms with Crippen molar-refractivity contribution < 1.29 is 27.5 Å². The predicted octanol–water partition coefficient (Wildman–Crippen LogP) is 1.66. The van der Waals surface area contributed by atoms with Gasteiger partial charge in [0.25, 0.3) is 0 Å². The number of hydrogen-bond donors (Lipinski definition) is 2. The van der Waals surface area contributed by atoms with Crippen molar-refractivity contribution in [3.05, 3.63) is 30.4 Å². The molecular formula is C21H27N3O6S. The Bertz CT molecular complexity index is 992. The summed E-state index contributed by atoms with van der Waals surface area (Å²) in [4.78, 5) is 38.7. The molecule has 3 rings (SSSR count). The standard InChI is InChI=1S/C21H27N3O6S/c1-13(2)23-31(28,29)14-8-9-18(30-3)17(12-14)22-19(25)10-11-24-20(26)15-6-4-5-7-16(15)21(24)27/h4-5,8-9,12-13,15-16,23H,6-7,10-11H2,1-3H3,(H,22,25). The molecule has 0 saturated carbocycles. The highest BCUT2D eigenvalue weighted by molar-refractivity contribution is 7.89. The third kappa shape index (κ3) is 4.96. The topological polar surface area (TPSA) is 122 Å². The summed E-state index contributed by atoms with van der Waals surface area (Å²) in [6.07, 6.45) is 4.80. The molecule has 0 bridgehead atoms. The van der Waals surface area contributed by atoms with E-state index in [4.69, 9.17) is 4.74 Å². The minimum absolute atomic E-state index is 0.0150. The zero-order valence-corrected chi connectivity index (χ0v) is 18.6. The molecule has 0 spiro atoms. The van der Waals surface area contributed by atoms with Gasteiger partial charge in [-0.1, -0.05) is 12.2 Å². The van der Waals surface area contributed by atoms with Crippen molar-refractivity contribution in [3.8, 4) is 5.75 Å². The van der Waals surface area contributed by atoms with E-state index in [9.17, 15) is 22.8 Å². The van der Waals surface area contributed by atoms with Gasteiger partial charge in [-0.2, -0.15) is 0 Å². The van der Waals surface area contributed by atoms with Crippen LogP contribution in [0.25, 0.3) is 0 Å². The van der Waals surface area contributed by atoms with Crippen LogP contribution in [0, 0.1) is 11.8 Å². The van der Waals surface area contributed by atoms with Gasteiger partial charge in [-0.25, -0.2) is 13.1 Å². The Balaban J connectivity index is 1.68. The Morgan fingerprint density at radius 3 is 2.32 bits per heavy atom. The maximum absolute atomic E-state index is 12.5. The van der Waals surface area contributed by atoms with E-state index < -0.39 is 15.9 Å². The van der Waals surface area contributed by atoms with Crippen molar-refractivity contribution >= 4 is 33.4 Å². The van der Waals surface area contributed by atoms with Crippen LogP contribution < -0.4 is 14.8 Å². The van der Waals surface area contributed by atoms with E-state index in [1.807, 2.05) is 12.2 Å². The summed E-state index contributed by atoms with van der Waals surface area (Å²) in [5.74, 6) is -1.32. The molecule has 1 heterocycles. The van der Waals surface area contributed by atoms with Crippen molar-refractivity contribution in [2.45, 2.75) is 44.0 Å². The first-order valence-electron chi connectivity index (χ1n) is 10.1. The Labute approximate surface area is 181 Å². The SMILES string of the molecule is COc1ccc(S(=O)(=O)NC(C)C)cc1NC(=O)CCN1C(=O)C2CC=CCC2C1=O. The van der Waals surface area contributed by atoms with Gasteiger partial charge in [0.05, 0.1) is 29.5 Å². The summed E-state index contributed by atoms with van der Waals surface area (Å²) < 4.78 is 32.5. The molecule has 0 radical (unpaired) electrons. The summed E-state index contributed by atoms with van der Waals surface area (Å²) >= 11 is 0. The molecule has 2 unspecified atom stereocenters. The smallest absolute Gasteiger partial charge is 0.240 e. The molecule has 1 aromatic carbocycles. The van der Waals surface area contributed by atoms with E-state index in [0.29, 0.717) is 18.6 Å². The number of nitrogens with one attached hydrogen (secondary N) is 2. The van der Waals surface area contributed by atoms with Crippen LogP contribution in [-0.2, 0) is 24.4 Å². The average Bonchev–Trinajstić information content (AvgIpc) is 2.96. The van der Waals surface area contributed by atoms with E-state index in [1.165, 1.54) is 25.3 Å². The lowest BCUT2D eigenvalue weighted by Crippen LogP contribution is -2.34. The van der Waals surface area contributed by atoms with E-state index in [2.05, 4.69) is 10.0 Å². The first kappa shape index (κ1) is 23.0. The number of likely N-dealkylation sites (tertiary alicyclic amines) is 1. The van der Waals surface area contributed by atoms with Gasteiger partial charge in [-0.3, -0.25) is 19.3 Å². The lowest BCUT2D eigenvalue weighted by Gasteiger charge is -2.16. The number of allylic oxidation sites excluding steroid dienone is 2. The number of nitrogens with zero attached hydrogens (tertiary/aromatic N) is 1. The van der Waals surface area contributed by atoms with E-state index in [1.54, 1.807) is 13.8 Å². The third-order valence-electron chi connectivity index (χ3n) is 5.31. The van der Waals surface area contributed by atoms with E-state index >= 15 is 0 Å². The molecule has 31 heavy (non-hydrogen) atoms. The molecule has 168 valence electrons. The number of rotatable bonds is 8. The van der Waals surface area contributed by atoms with Crippen molar-refractivity contribution in [1.82, 2.24) is 9.62 Å². The average molecular weight is 450 g/mol. The number of fused-ring (bicyclic) bond motifs is 1. The third-order valence-corrected chi connectivity index (χ3v) is 6.96. The zero-order valence-electron chi connectivity index (χ0n) is 17.8. The minimum Gasteiger partial charge on any atom is -0.495 e. The zero-order chi connectivity index (χ0) is 22.8. The van der Waals surface area contributed by atoms with Crippen LogP contribution in [0.3, 0.4) is 0 Å². The van der Waals surface area contributed by atoms with Gasteiger partial charge in [0, 0.05) is 19.0 Å². The quantitative estimate of drug-likeness (QED) is 0.460. The van der Waals surface area contributed by atoms with Crippen LogP contribution in [-0.4, -0.2) is 50.7 Å². The van der Waals surface area contributed by atoms with Crippen LogP contribution in [0.2, 0.25) is 0 Å². The normalized spacial score (nSPS) is 20.8. The lowest BCUT2D eigenvalue weighted by atomic mass is 9.85. The minimum atomic E-state index is -3.76. The Morgan fingerprint density at radius 1 is 1.16 bits per heavy atom. The summed E-state index contributed by atoms with van der Waals surface area (Å²) in [5, 5.41) is 2.63. The first-order chi connectivity index (χ1) is 14.6. The van der Waals surface area contributed by atoms with Crippen LogP contribution in [0.15, 0.2) is 35.2 Å². The second kappa shape index (κ2) is 9.19. The number of benzene rings is 1. The fraction of sp³-hybridized carbons (Fsp3) is 0.476. The maximum atomic E-state index is 12.5. The Kier molecular flexibility index (Phi) is 6.80. The highest BCUT2D eigenvalue weighted by Gasteiger charge is 2.46. The number of ether oxygens (including phenoxy) is 1. The molecule has 2 atom stereocenters. The molecule has 0 aromatic heterocycles. The van der Waals surface area contributed by atoms with Crippen molar-refractivity contribution in [1.29, 1.82) is 0 Å². The van der Waals surface area contributed by atoms with E-state index in [-0.39, 0.29) is 53.2 Å². The van der Waals surface area contributed by atoms with Gasteiger partial charge < -0.3 is 10.1 Å². The number of amides is 3. The molecule has 1 aliphatic carbocycles. The molecule has 1 saturated heterocycles. The number of carbonyl (C=O) groups is 3. The number of hydrogen-bond acceptors (Lipinski definition) is 6. The second-order valence-corrected chi connectivity index (χ2v) is 9.63. The van der Waals surface area contributed by atoms with Gasteiger partial charge in [-0.05, 0) is 44.9 Å². The van der Waals surface area contributed by atoms with Crippen LogP contribution in [0.4, 0.5) is 5.69 Å². The summed E-state index contributed by atoms with van der Waals surface area (Å²) in [6, 6.07) is 3.86. The summed E-state index contributed by atoms with van der Waals surface area (Å²) in [7, 11) is -2.35. The highest BCUT2D eigenvalue weighted by Crippen LogP contribution is 2.35. The molecule has 2 N–H and O–H groups in total. The largest absolute Gasteiger partial charge is 0.495 e. The number of anilines is 1. The van der Waals surface area contributed by atoms with Crippen molar-refractivity contribution in [3.63, 3.8) is 0 Å². The van der Waals surface area contributed by atoms with Gasteiger partial charge in [0.1, 0.15) is 5.75 Å². The molecule has 1 aliphatic heterocycles. The number of carbonyl (C=O) groups excluding carboxylic acids is 3. The molecule has 1 fully saturated rings. The molecule has 2 aliphatic rings. The monoisotopic (exact) mass is 449 g/mol. The summed E-state index contributed by atoms with van der Waals surface area (Å²) in [6.45, 7) is 3.39. The number of imide groups is 1. The van der Waals surface area contributed by atoms with E-state index in [0.717, 1.165) is 4.90 Å². The maximum Gasteiger partial charge on any atom is 0.240 e. The van der Waals surface area contributed by atoms with Gasteiger partial charge >= 0.3 is 0 Å². The number of sulfonamides is 1. The predicted molar refractivity (Wildman–Crippen MR) is 114 cm³/mol. The lowest BCUT2D eigenvalue weighted by molar-refractivity contribution is -0.140. The molecule has 3 amide bonds. The Hall–Kier alpha value is -2.72. The van der Waals surface area contributed by atoms with Crippen LogP contribution >= 0.6 is 0 Å². The van der Waals surface area contributed by atoms with Crippen molar-refractivity contribution in [2.75, 3.05) is 19.0 Å². The van der Waals surface area contributed by atoms with Gasteiger partial charge in [0.15, 0.2) is 0 Å². The first-order valence-corrected chi connectivity index (χ1v) is 11.6. The van der Waals surface area contributed by atoms with Gasteiger partial charge in [0.2, 0.25) is 27.7 Å². The molecule has 10 heteroatoms. The Morgan fingerprint density at radius 2 is 1.77 bits per heavy atom. The van der Waals surface area contributed by atoms with Crippen LogP contribution in [0.5, 0.6) is 5.75 Å². The van der Waals surface area contributed by atoms with Crippen molar-refractivity contribution in [2.24, 2.45) is 11.8 Å². The fourth-order valence-corrected chi connectivity index (χ4v) is 5.12. The highest BCUT2D eigenvalue weighted by atomic mass is 32.2. The fourth-order valence-electron chi connectivity index (χ4n) is 3.85. The molecular weight excluding hydrogens is 422 g/mol. The van der Waals surface area contributed by atoms with Gasteiger partial charge in [-0.15, -0.1) is 0 Å². The summed E-state index contributed by atoms with van der Waals surface area (Å²) in [5.41, 5.74) is 0.191. The molecule has 1 aromatic rings. The number of methoxy groups -OCH3 is 1. The molecule has 9 nitrogen and oxygen atoms in total.